The van der Waals surface area contributed by atoms with Crippen LogP contribution in [0.25, 0.3) is 0 Å². The first-order valence-electron chi connectivity index (χ1n) is 8.61. The Morgan fingerprint density at radius 1 is 1.16 bits per heavy atom. The summed E-state index contributed by atoms with van der Waals surface area (Å²) in [6, 6.07) is 1.77. The molecule has 138 valence electrons. The van der Waals surface area contributed by atoms with Crippen molar-refractivity contribution in [3.8, 4) is 11.5 Å². The van der Waals surface area contributed by atoms with Gasteiger partial charge in [-0.25, -0.2) is 4.79 Å². The highest BCUT2D eigenvalue weighted by molar-refractivity contribution is 5.95. The smallest absolute Gasteiger partial charge is 0.341 e. The molecular formula is C21H30O4. The maximum Gasteiger partial charge on any atom is 0.341 e. The van der Waals surface area contributed by atoms with Crippen molar-refractivity contribution in [1.82, 2.24) is 0 Å². The zero-order valence-corrected chi connectivity index (χ0v) is 16.2. The number of allylic oxidation sites excluding steroid dienone is 3. The van der Waals surface area contributed by atoms with Gasteiger partial charge in [-0.05, 0) is 65.5 Å². The fourth-order valence-electron chi connectivity index (χ4n) is 2.54. The molecule has 1 aromatic rings. The largest absolute Gasteiger partial charge is 0.507 e. The molecule has 25 heavy (non-hydrogen) atoms. The SMILES string of the molecule is COC(=O)c1c(C)cc(OCC/C=C(\C)CCC=C(C)C)c(C)c1O. The number of ether oxygens (including phenoxy) is 2. The van der Waals surface area contributed by atoms with E-state index < -0.39 is 5.97 Å². The molecule has 1 rings (SSSR count). The average Bonchev–Trinajstić information content (AvgIpc) is 2.55. The number of hydrogen-bond donors (Lipinski definition) is 1. The summed E-state index contributed by atoms with van der Waals surface area (Å²) in [5, 5.41) is 10.2. The van der Waals surface area contributed by atoms with E-state index in [9.17, 15) is 9.90 Å². The van der Waals surface area contributed by atoms with Gasteiger partial charge in [-0.3, -0.25) is 0 Å². The molecule has 0 spiro atoms. The molecule has 0 aromatic heterocycles. The van der Waals surface area contributed by atoms with Gasteiger partial charge >= 0.3 is 5.97 Å². The Labute approximate surface area is 151 Å². The van der Waals surface area contributed by atoms with Gasteiger partial charge in [-0.1, -0.05) is 23.3 Å². The number of hydrogen-bond acceptors (Lipinski definition) is 4. The summed E-state index contributed by atoms with van der Waals surface area (Å²) in [6.45, 7) is 10.4. The van der Waals surface area contributed by atoms with Crippen molar-refractivity contribution < 1.29 is 19.4 Å². The molecule has 1 aromatic carbocycles. The topological polar surface area (TPSA) is 55.8 Å². The maximum absolute atomic E-state index is 11.7. The Morgan fingerprint density at radius 2 is 1.84 bits per heavy atom. The molecule has 0 aliphatic carbocycles. The molecule has 0 aliphatic rings. The highest BCUT2D eigenvalue weighted by Crippen LogP contribution is 2.33. The van der Waals surface area contributed by atoms with Crippen LogP contribution in [0.3, 0.4) is 0 Å². The lowest BCUT2D eigenvalue weighted by atomic mass is 10.0. The van der Waals surface area contributed by atoms with Crippen LogP contribution in [-0.2, 0) is 4.74 Å². The molecule has 1 N–H and O–H groups in total. The van der Waals surface area contributed by atoms with Crippen LogP contribution >= 0.6 is 0 Å². The normalized spacial score (nSPS) is 11.2. The fourth-order valence-corrected chi connectivity index (χ4v) is 2.54. The Balaban J connectivity index is 2.67. The van der Waals surface area contributed by atoms with Crippen LogP contribution in [0, 0.1) is 13.8 Å². The van der Waals surface area contributed by atoms with E-state index in [0.717, 1.165) is 19.3 Å². The van der Waals surface area contributed by atoms with Crippen molar-refractivity contribution in [3.05, 3.63) is 46.1 Å². The van der Waals surface area contributed by atoms with Crippen LogP contribution < -0.4 is 4.74 Å². The number of esters is 1. The van der Waals surface area contributed by atoms with Gasteiger partial charge in [0.2, 0.25) is 0 Å². The van der Waals surface area contributed by atoms with Crippen molar-refractivity contribution in [1.29, 1.82) is 0 Å². The van der Waals surface area contributed by atoms with E-state index in [1.807, 2.05) is 0 Å². The molecule has 0 radical (unpaired) electrons. The van der Waals surface area contributed by atoms with Gasteiger partial charge in [0.1, 0.15) is 17.1 Å². The van der Waals surface area contributed by atoms with Crippen LogP contribution in [0.1, 0.15) is 61.5 Å². The third-order valence-corrected chi connectivity index (χ3v) is 4.05. The van der Waals surface area contributed by atoms with Crippen LogP contribution in [0.15, 0.2) is 29.4 Å². The van der Waals surface area contributed by atoms with Crippen molar-refractivity contribution in [2.24, 2.45) is 0 Å². The first-order valence-corrected chi connectivity index (χ1v) is 8.61. The molecule has 0 fully saturated rings. The molecule has 0 unspecified atom stereocenters. The predicted octanol–water partition coefficient (Wildman–Crippen LogP) is 5.26. The fraction of sp³-hybridized carbons (Fsp3) is 0.476. The van der Waals surface area contributed by atoms with Gasteiger partial charge in [0, 0.05) is 5.56 Å². The molecule has 4 nitrogen and oxygen atoms in total. The van der Waals surface area contributed by atoms with Gasteiger partial charge < -0.3 is 14.6 Å². The number of rotatable bonds is 8. The molecular weight excluding hydrogens is 316 g/mol. The average molecular weight is 346 g/mol. The number of methoxy groups -OCH3 is 1. The molecule has 0 saturated heterocycles. The summed E-state index contributed by atoms with van der Waals surface area (Å²) in [5.41, 5.74) is 4.08. The van der Waals surface area contributed by atoms with Crippen molar-refractivity contribution in [2.75, 3.05) is 13.7 Å². The number of phenolic OH excluding ortho intramolecular Hbond substituents is 1. The number of aromatic hydroxyl groups is 1. The first-order chi connectivity index (χ1) is 11.8. The molecule has 0 atom stereocenters. The van der Waals surface area contributed by atoms with E-state index in [4.69, 9.17) is 9.47 Å². The molecule has 0 aliphatic heterocycles. The van der Waals surface area contributed by atoms with Crippen molar-refractivity contribution in [3.63, 3.8) is 0 Å². The minimum absolute atomic E-state index is 0.0738. The number of benzene rings is 1. The van der Waals surface area contributed by atoms with E-state index in [1.54, 1.807) is 19.9 Å². The van der Waals surface area contributed by atoms with Gasteiger partial charge in [0.15, 0.2) is 0 Å². The molecule has 0 bridgehead atoms. The highest BCUT2D eigenvalue weighted by Gasteiger charge is 2.19. The Hall–Kier alpha value is -2.23. The summed E-state index contributed by atoms with van der Waals surface area (Å²) < 4.78 is 10.5. The van der Waals surface area contributed by atoms with Crippen LogP contribution in [0.2, 0.25) is 0 Å². The van der Waals surface area contributed by atoms with Crippen molar-refractivity contribution in [2.45, 2.75) is 53.9 Å². The Bertz CT molecular complexity index is 665. The maximum atomic E-state index is 11.7. The van der Waals surface area contributed by atoms with Gasteiger partial charge in [-0.15, -0.1) is 0 Å². The molecule has 4 heteroatoms. The minimum atomic E-state index is -0.542. The highest BCUT2D eigenvalue weighted by atomic mass is 16.5. The van der Waals surface area contributed by atoms with Gasteiger partial charge in [-0.2, -0.15) is 0 Å². The summed E-state index contributed by atoms with van der Waals surface area (Å²) in [4.78, 5) is 11.7. The third-order valence-electron chi connectivity index (χ3n) is 4.05. The van der Waals surface area contributed by atoms with Crippen LogP contribution in [-0.4, -0.2) is 24.8 Å². The summed E-state index contributed by atoms with van der Waals surface area (Å²) in [5.74, 6) is -0.0203. The first kappa shape index (κ1) is 20.8. The van der Waals surface area contributed by atoms with Gasteiger partial charge in [0.05, 0.1) is 13.7 Å². The lowest BCUT2D eigenvalue weighted by Gasteiger charge is -2.14. The third kappa shape index (κ3) is 6.29. The van der Waals surface area contributed by atoms with E-state index in [0.29, 0.717) is 23.5 Å². The standard InChI is InChI=1S/C21H30O4/c1-14(2)9-7-10-15(3)11-8-12-25-18-13-16(4)19(21(23)24-6)20(22)17(18)5/h9,11,13,22H,7-8,10,12H2,1-6H3/b15-11+. The zero-order valence-electron chi connectivity index (χ0n) is 16.2. The second-order valence-corrected chi connectivity index (χ2v) is 6.54. The number of aryl methyl sites for hydroxylation is 1. The lowest BCUT2D eigenvalue weighted by molar-refractivity contribution is 0.0596. The van der Waals surface area contributed by atoms with E-state index in [-0.39, 0.29) is 11.3 Å². The minimum Gasteiger partial charge on any atom is -0.507 e. The predicted molar refractivity (Wildman–Crippen MR) is 101 cm³/mol. The Kier molecular flexibility index (Phi) is 8.26. The second kappa shape index (κ2) is 9.92. The number of carbonyl (C=O) groups is 1. The summed E-state index contributed by atoms with van der Waals surface area (Å²) in [6.07, 6.45) is 7.35. The van der Waals surface area contributed by atoms with Crippen molar-refractivity contribution >= 4 is 5.97 Å². The second-order valence-electron chi connectivity index (χ2n) is 6.54. The lowest BCUT2D eigenvalue weighted by Crippen LogP contribution is -2.07. The molecule has 0 saturated carbocycles. The summed E-state index contributed by atoms with van der Waals surface area (Å²) >= 11 is 0. The van der Waals surface area contributed by atoms with E-state index in [2.05, 4.69) is 32.9 Å². The summed E-state index contributed by atoms with van der Waals surface area (Å²) in [7, 11) is 1.30. The monoisotopic (exact) mass is 346 g/mol. The quantitative estimate of drug-likeness (QED) is 0.396. The molecule has 0 heterocycles. The number of carbonyl (C=O) groups excluding carboxylic acids is 1. The number of phenols is 1. The Morgan fingerprint density at radius 3 is 2.44 bits per heavy atom. The molecule has 0 amide bonds. The van der Waals surface area contributed by atoms with Crippen LogP contribution in [0.5, 0.6) is 11.5 Å². The van der Waals surface area contributed by atoms with Crippen LogP contribution in [0.4, 0.5) is 0 Å². The van der Waals surface area contributed by atoms with E-state index in [1.165, 1.54) is 18.3 Å². The van der Waals surface area contributed by atoms with Gasteiger partial charge in [0.25, 0.3) is 0 Å². The van der Waals surface area contributed by atoms with E-state index >= 15 is 0 Å². The zero-order chi connectivity index (χ0) is 19.0.